The maximum Gasteiger partial charge on any atom is 0.141 e. The van der Waals surface area contributed by atoms with Gasteiger partial charge in [-0.05, 0) is 26.3 Å². The van der Waals surface area contributed by atoms with E-state index in [4.69, 9.17) is 0 Å². The molecule has 1 fully saturated rings. The molecule has 0 bridgehead atoms. The number of nitrogens with one attached hydrogen (secondary N) is 2. The Labute approximate surface area is 118 Å². The quantitative estimate of drug-likeness (QED) is 0.855. The Morgan fingerprint density at radius 2 is 2.47 bits per heavy atom. The molecular formula is C14H27N5. The Bertz CT molecular complexity index is 435. The van der Waals surface area contributed by atoms with E-state index in [0.29, 0.717) is 6.04 Å². The molecule has 5 nitrogen and oxygen atoms in total. The van der Waals surface area contributed by atoms with E-state index < -0.39 is 0 Å². The molecule has 1 aliphatic heterocycles. The molecule has 1 aromatic heterocycles. The highest BCUT2D eigenvalue weighted by Gasteiger charge is 2.23. The van der Waals surface area contributed by atoms with Crippen LogP contribution in [0.4, 0.5) is 11.6 Å². The summed E-state index contributed by atoms with van der Waals surface area (Å²) in [5.41, 5.74) is 0.984. The van der Waals surface area contributed by atoms with Crippen molar-refractivity contribution >= 4 is 17.7 Å². The predicted molar refractivity (Wildman–Crippen MR) is 84.8 cm³/mol. The summed E-state index contributed by atoms with van der Waals surface area (Å²) in [4.78, 5) is 11.1. The van der Waals surface area contributed by atoms with Gasteiger partial charge in [-0.15, -0.1) is 0 Å². The number of aromatic nitrogens is 2. The van der Waals surface area contributed by atoms with Crippen molar-refractivity contribution in [2.45, 2.75) is 25.8 Å². The van der Waals surface area contributed by atoms with Crippen molar-refractivity contribution in [3.8, 4) is 0 Å². The maximum atomic E-state index is 4.48. The monoisotopic (exact) mass is 265 g/mol. The van der Waals surface area contributed by atoms with Crippen LogP contribution in [0, 0.1) is 0 Å². The highest BCUT2D eigenvalue weighted by molar-refractivity contribution is 5.73. The molecule has 0 spiro atoms. The lowest BCUT2D eigenvalue weighted by atomic mass is 10.1. The lowest BCUT2D eigenvalue weighted by molar-refractivity contribution is 0.433. The minimum atomic E-state index is 0. The fraction of sp³-hybridized carbons (Fsp3) is 0.571. The molecule has 2 N–H and O–H groups in total. The first-order chi connectivity index (χ1) is 9.31. The summed E-state index contributed by atoms with van der Waals surface area (Å²) in [6, 6.07) is 0.497. The van der Waals surface area contributed by atoms with Gasteiger partial charge >= 0.3 is 0 Å². The summed E-state index contributed by atoms with van der Waals surface area (Å²) in [5, 5.41) is 6.56. The summed E-state index contributed by atoms with van der Waals surface area (Å²) in [6.07, 6.45) is 5.87. The molecule has 2 heterocycles. The summed E-state index contributed by atoms with van der Waals surface area (Å²) >= 11 is 0. The number of hydrogen-bond acceptors (Lipinski definition) is 5. The van der Waals surface area contributed by atoms with Gasteiger partial charge in [0.15, 0.2) is 0 Å². The van der Waals surface area contributed by atoms with E-state index in [0.717, 1.165) is 36.8 Å². The van der Waals surface area contributed by atoms with Crippen LogP contribution in [-0.2, 0) is 0 Å². The second kappa shape index (κ2) is 6.52. The fourth-order valence-corrected chi connectivity index (χ4v) is 2.68. The molecule has 1 atom stereocenters. The van der Waals surface area contributed by atoms with Crippen LogP contribution in [0.25, 0.3) is 6.08 Å². The number of hydrogen-bond donors (Lipinski definition) is 2. The van der Waals surface area contributed by atoms with E-state index in [1.807, 2.05) is 13.1 Å². The van der Waals surface area contributed by atoms with Gasteiger partial charge in [-0.3, -0.25) is 0 Å². The van der Waals surface area contributed by atoms with Crippen molar-refractivity contribution in [2.75, 3.05) is 36.9 Å². The van der Waals surface area contributed by atoms with Crippen molar-refractivity contribution in [3.05, 3.63) is 18.5 Å². The van der Waals surface area contributed by atoms with Crippen molar-refractivity contribution in [1.29, 1.82) is 0 Å². The normalized spacial score (nSPS) is 18.9. The first kappa shape index (κ1) is 13.8. The van der Waals surface area contributed by atoms with Crippen LogP contribution in [0.15, 0.2) is 12.9 Å². The van der Waals surface area contributed by atoms with Gasteiger partial charge in [0, 0.05) is 29.0 Å². The molecule has 2 rings (SSSR count). The topological polar surface area (TPSA) is 53.1 Å². The number of nitrogens with zero attached hydrogens (tertiary/aromatic N) is 3. The van der Waals surface area contributed by atoms with Gasteiger partial charge in [-0.2, -0.15) is 0 Å². The zero-order chi connectivity index (χ0) is 13.7. The van der Waals surface area contributed by atoms with Crippen molar-refractivity contribution in [1.82, 2.24) is 15.3 Å². The standard InChI is InChI=1S/C14H23N5.2H2/c1-4-12-13(15-3)17-10-18-14(12)19(5-2)11-7-6-8-16-9-11;;/h4,10-11,16H,1,5-9H2,2-3H3,(H,15,17,18);2*1H/t11-;;/m1../s1. The number of piperidine rings is 1. The minimum absolute atomic E-state index is 0. The van der Waals surface area contributed by atoms with E-state index in [-0.39, 0.29) is 2.85 Å². The highest BCUT2D eigenvalue weighted by atomic mass is 15.2. The predicted octanol–water partition coefficient (Wildman–Crippen LogP) is 2.23. The smallest absolute Gasteiger partial charge is 0.141 e. The third-order valence-electron chi connectivity index (χ3n) is 3.63. The molecular weight excluding hydrogens is 238 g/mol. The second-order valence-corrected chi connectivity index (χ2v) is 4.70. The second-order valence-electron chi connectivity index (χ2n) is 4.70. The summed E-state index contributed by atoms with van der Waals surface area (Å²) in [6.45, 7) is 9.14. The van der Waals surface area contributed by atoms with E-state index in [9.17, 15) is 0 Å². The molecule has 5 heteroatoms. The van der Waals surface area contributed by atoms with E-state index in [2.05, 4.69) is 39.0 Å². The number of likely N-dealkylation sites (N-methyl/N-ethyl adjacent to an activating group) is 1. The zero-order valence-corrected chi connectivity index (χ0v) is 11.8. The summed E-state index contributed by atoms with van der Waals surface area (Å²) < 4.78 is 0. The van der Waals surface area contributed by atoms with E-state index >= 15 is 0 Å². The average Bonchev–Trinajstić information content (AvgIpc) is 2.48. The van der Waals surface area contributed by atoms with Gasteiger partial charge in [-0.25, -0.2) is 9.97 Å². The zero-order valence-electron chi connectivity index (χ0n) is 11.8. The Morgan fingerprint density at radius 1 is 1.63 bits per heavy atom. The molecule has 0 radical (unpaired) electrons. The van der Waals surface area contributed by atoms with E-state index in [1.54, 1.807) is 6.33 Å². The lowest BCUT2D eigenvalue weighted by Gasteiger charge is -2.35. The first-order valence-electron chi connectivity index (χ1n) is 6.94. The lowest BCUT2D eigenvalue weighted by Crippen LogP contribution is -2.46. The van der Waals surface area contributed by atoms with Crippen LogP contribution in [0.1, 0.15) is 28.2 Å². The molecule has 1 aromatic rings. The minimum Gasteiger partial charge on any atom is -0.372 e. The molecule has 0 unspecified atom stereocenters. The Hall–Kier alpha value is -1.62. The van der Waals surface area contributed by atoms with Crippen molar-refractivity contribution in [3.63, 3.8) is 0 Å². The molecule has 0 amide bonds. The van der Waals surface area contributed by atoms with Gasteiger partial charge in [0.25, 0.3) is 0 Å². The summed E-state index contributed by atoms with van der Waals surface area (Å²) in [7, 11) is 1.87. The molecule has 0 aromatic carbocycles. The fourth-order valence-electron chi connectivity index (χ4n) is 2.68. The van der Waals surface area contributed by atoms with Gasteiger partial charge in [0.05, 0.1) is 5.56 Å². The summed E-state index contributed by atoms with van der Waals surface area (Å²) in [5.74, 6) is 1.81. The average molecular weight is 265 g/mol. The van der Waals surface area contributed by atoms with Crippen LogP contribution in [0.5, 0.6) is 0 Å². The largest absolute Gasteiger partial charge is 0.372 e. The molecule has 108 valence electrons. The number of anilines is 2. The van der Waals surface area contributed by atoms with Gasteiger partial charge < -0.3 is 15.5 Å². The van der Waals surface area contributed by atoms with E-state index in [1.165, 1.54) is 12.8 Å². The molecule has 0 aliphatic carbocycles. The van der Waals surface area contributed by atoms with Crippen LogP contribution in [-0.4, -0.2) is 42.7 Å². The van der Waals surface area contributed by atoms with Crippen LogP contribution >= 0.6 is 0 Å². The van der Waals surface area contributed by atoms with Crippen molar-refractivity contribution < 1.29 is 2.85 Å². The van der Waals surface area contributed by atoms with Crippen LogP contribution in [0.3, 0.4) is 0 Å². The third kappa shape index (κ3) is 2.87. The van der Waals surface area contributed by atoms with Gasteiger partial charge in [0.1, 0.15) is 18.0 Å². The SMILES string of the molecule is C=Cc1c(NC)ncnc1N(CC)[C@@H]1CCCNC1.[HH].[HH]. The van der Waals surface area contributed by atoms with Crippen LogP contribution in [0.2, 0.25) is 0 Å². The highest BCUT2D eigenvalue weighted by Crippen LogP contribution is 2.27. The van der Waals surface area contributed by atoms with Crippen LogP contribution < -0.4 is 15.5 Å². The van der Waals surface area contributed by atoms with Gasteiger partial charge in [0.2, 0.25) is 0 Å². The number of rotatable bonds is 5. The first-order valence-corrected chi connectivity index (χ1v) is 6.94. The third-order valence-corrected chi connectivity index (χ3v) is 3.63. The van der Waals surface area contributed by atoms with Gasteiger partial charge in [-0.1, -0.05) is 12.7 Å². The maximum absolute atomic E-state index is 4.48. The molecule has 1 saturated heterocycles. The molecule has 1 aliphatic rings. The Kier molecular flexibility index (Phi) is 4.74. The molecule has 0 saturated carbocycles. The Morgan fingerprint density at radius 3 is 3.05 bits per heavy atom. The Balaban J connectivity index is 0.00000200. The van der Waals surface area contributed by atoms with Crippen molar-refractivity contribution in [2.24, 2.45) is 0 Å². The molecule has 19 heavy (non-hydrogen) atoms.